The summed E-state index contributed by atoms with van der Waals surface area (Å²) in [7, 11) is 1.85. The van der Waals surface area contributed by atoms with Crippen LogP contribution >= 0.6 is 0 Å². The molecule has 0 aliphatic heterocycles. The molecule has 2 heterocycles. The molecule has 0 saturated carbocycles. The molecule has 2 unspecified atom stereocenters. The van der Waals surface area contributed by atoms with Crippen molar-refractivity contribution in [1.29, 1.82) is 0 Å². The van der Waals surface area contributed by atoms with Gasteiger partial charge >= 0.3 is 5.97 Å². The van der Waals surface area contributed by atoms with Crippen molar-refractivity contribution in [3.05, 3.63) is 77.7 Å². The van der Waals surface area contributed by atoms with Crippen LogP contribution in [0.3, 0.4) is 0 Å². The molecule has 0 fully saturated rings. The third kappa shape index (κ3) is 7.11. The molecule has 0 spiro atoms. The number of ether oxygens (including phenoxy) is 4. The zero-order valence-electron chi connectivity index (χ0n) is 23.0. The minimum absolute atomic E-state index is 0.0547. The molecular weight excluding hydrogens is 496 g/mol. The first-order valence-corrected chi connectivity index (χ1v) is 13.4. The average Bonchev–Trinajstić information content (AvgIpc) is 3.33. The quantitative estimate of drug-likeness (QED) is 0.168. The van der Waals surface area contributed by atoms with Crippen LogP contribution in [0.1, 0.15) is 50.1 Å². The fourth-order valence-electron chi connectivity index (χ4n) is 4.45. The number of benzene rings is 2. The summed E-state index contributed by atoms with van der Waals surface area (Å²) in [6.45, 7) is 7.17. The molecule has 0 amide bonds. The third-order valence-electron chi connectivity index (χ3n) is 6.35. The topological polar surface area (TPSA) is 97.6 Å². The number of rotatable bonds is 14. The van der Waals surface area contributed by atoms with Crippen LogP contribution in [0.25, 0.3) is 11.0 Å². The normalized spacial score (nSPS) is 12.7. The fourth-order valence-corrected chi connectivity index (χ4v) is 4.45. The van der Waals surface area contributed by atoms with Crippen LogP contribution in [0, 0.1) is 0 Å². The molecule has 2 aromatic carbocycles. The molecule has 0 aliphatic carbocycles. The van der Waals surface area contributed by atoms with E-state index in [0.717, 1.165) is 28.6 Å². The van der Waals surface area contributed by atoms with E-state index in [1.54, 1.807) is 17.8 Å². The lowest BCUT2D eigenvalue weighted by Gasteiger charge is -2.16. The van der Waals surface area contributed by atoms with E-state index in [-0.39, 0.29) is 11.9 Å². The highest BCUT2D eigenvalue weighted by Crippen LogP contribution is 2.30. The largest absolute Gasteiger partial charge is 0.490 e. The monoisotopic (exact) mass is 532 g/mol. The van der Waals surface area contributed by atoms with Crippen LogP contribution in [0.15, 0.2) is 60.8 Å². The molecule has 206 valence electrons. The lowest BCUT2D eigenvalue weighted by Crippen LogP contribution is -2.28. The smallest absolute Gasteiger partial charge is 0.335 e. The molecular formula is C30H36N4O5. The summed E-state index contributed by atoms with van der Waals surface area (Å²) in [4.78, 5) is 21.7. The maximum absolute atomic E-state index is 12.1. The first-order chi connectivity index (χ1) is 19.0. The Morgan fingerprint density at radius 1 is 0.923 bits per heavy atom. The van der Waals surface area contributed by atoms with Gasteiger partial charge in [0.1, 0.15) is 35.8 Å². The Labute approximate surface area is 229 Å². The molecule has 0 N–H and O–H groups in total. The second kappa shape index (κ2) is 13.7. The molecule has 4 rings (SSSR count). The maximum atomic E-state index is 12.1. The van der Waals surface area contributed by atoms with Crippen molar-refractivity contribution in [3.8, 4) is 11.6 Å². The highest BCUT2D eigenvalue weighted by atomic mass is 16.6. The van der Waals surface area contributed by atoms with Crippen LogP contribution in [0.2, 0.25) is 0 Å². The number of hydrogen-bond donors (Lipinski definition) is 0. The summed E-state index contributed by atoms with van der Waals surface area (Å²) in [5, 5.41) is 4.36. The number of esters is 1. The van der Waals surface area contributed by atoms with E-state index >= 15 is 0 Å². The van der Waals surface area contributed by atoms with E-state index in [9.17, 15) is 4.79 Å². The molecule has 4 aromatic rings. The molecule has 9 heteroatoms. The van der Waals surface area contributed by atoms with Gasteiger partial charge in [0.05, 0.1) is 12.8 Å². The molecule has 0 radical (unpaired) electrons. The van der Waals surface area contributed by atoms with E-state index in [0.29, 0.717) is 50.3 Å². The summed E-state index contributed by atoms with van der Waals surface area (Å²) in [6, 6.07) is 17.8. The predicted octanol–water partition coefficient (Wildman–Crippen LogP) is 4.87. The van der Waals surface area contributed by atoms with E-state index in [4.69, 9.17) is 28.9 Å². The molecule has 0 bridgehead atoms. The van der Waals surface area contributed by atoms with E-state index in [1.165, 1.54) is 0 Å². The molecule has 2 atom stereocenters. The second-order valence-corrected chi connectivity index (χ2v) is 9.00. The van der Waals surface area contributed by atoms with Gasteiger partial charge < -0.3 is 18.9 Å². The third-order valence-corrected chi connectivity index (χ3v) is 6.35. The minimum Gasteiger partial charge on any atom is -0.490 e. The summed E-state index contributed by atoms with van der Waals surface area (Å²) in [5.41, 5.74) is 3.62. The number of hydrogen-bond acceptors (Lipinski definition) is 8. The van der Waals surface area contributed by atoms with Gasteiger partial charge in [-0.15, -0.1) is 0 Å². The number of fused-ring (bicyclic) bond motifs is 1. The van der Waals surface area contributed by atoms with Crippen molar-refractivity contribution in [2.45, 2.75) is 45.6 Å². The lowest BCUT2D eigenvalue weighted by atomic mass is 9.95. The van der Waals surface area contributed by atoms with Gasteiger partial charge in [0, 0.05) is 26.0 Å². The van der Waals surface area contributed by atoms with Crippen molar-refractivity contribution < 1.29 is 23.7 Å². The van der Waals surface area contributed by atoms with Gasteiger partial charge in [-0.25, -0.2) is 9.78 Å². The molecule has 2 aromatic heterocycles. The van der Waals surface area contributed by atoms with E-state index < -0.39 is 6.10 Å². The van der Waals surface area contributed by atoms with Crippen LogP contribution in [-0.2, 0) is 27.7 Å². The second-order valence-electron chi connectivity index (χ2n) is 9.00. The van der Waals surface area contributed by atoms with Gasteiger partial charge in [-0.3, -0.25) is 4.68 Å². The number of carbonyl (C=O) groups excluding carboxylic acids is 1. The SMILES string of the molecule is CCOC(=O)C(Cc1ccc(OCCOc2nc(C(CC)c3ccccc3)nc3cnn(C)c23)cc1)OCC. The van der Waals surface area contributed by atoms with Crippen molar-refractivity contribution in [2.75, 3.05) is 26.4 Å². The van der Waals surface area contributed by atoms with Gasteiger partial charge in [0.15, 0.2) is 6.10 Å². The Kier molecular flexibility index (Phi) is 9.85. The van der Waals surface area contributed by atoms with Gasteiger partial charge in [-0.05, 0) is 43.5 Å². The Hall–Kier alpha value is -3.98. The van der Waals surface area contributed by atoms with Gasteiger partial charge in [0.25, 0.3) is 0 Å². The molecule has 0 saturated heterocycles. The standard InChI is InChI=1S/C30H36N4O5/c1-5-24(22-11-9-8-10-12-22)28-32-25-20-31-34(4)27(25)29(33-28)39-18-17-38-23-15-13-21(14-16-23)19-26(36-6-2)30(35)37-7-3/h8-16,20,24,26H,5-7,17-19H2,1-4H3. The lowest BCUT2D eigenvalue weighted by molar-refractivity contribution is -0.156. The summed E-state index contributed by atoms with van der Waals surface area (Å²) in [5.74, 6) is 1.61. The molecule has 39 heavy (non-hydrogen) atoms. The van der Waals surface area contributed by atoms with Gasteiger partial charge in [-0.1, -0.05) is 49.4 Å². The van der Waals surface area contributed by atoms with Crippen molar-refractivity contribution >= 4 is 17.0 Å². The van der Waals surface area contributed by atoms with Crippen LogP contribution < -0.4 is 9.47 Å². The molecule has 9 nitrogen and oxygen atoms in total. The Balaban J connectivity index is 1.39. The number of aryl methyl sites for hydroxylation is 1. The van der Waals surface area contributed by atoms with Crippen LogP contribution in [0.5, 0.6) is 11.6 Å². The minimum atomic E-state index is -0.620. The molecule has 0 aliphatic rings. The summed E-state index contributed by atoms with van der Waals surface area (Å²) < 4.78 is 24.4. The van der Waals surface area contributed by atoms with E-state index in [2.05, 4.69) is 24.2 Å². The highest BCUT2D eigenvalue weighted by molar-refractivity contribution is 5.79. The summed E-state index contributed by atoms with van der Waals surface area (Å²) >= 11 is 0. The zero-order valence-corrected chi connectivity index (χ0v) is 23.0. The van der Waals surface area contributed by atoms with Gasteiger partial charge in [-0.2, -0.15) is 10.1 Å². The van der Waals surface area contributed by atoms with Gasteiger partial charge in [0.2, 0.25) is 5.88 Å². The maximum Gasteiger partial charge on any atom is 0.335 e. The number of carbonyl (C=O) groups is 1. The first-order valence-electron chi connectivity index (χ1n) is 13.4. The first kappa shape index (κ1) is 28.0. The number of nitrogens with zero attached hydrogens (tertiary/aromatic N) is 4. The van der Waals surface area contributed by atoms with E-state index in [1.807, 2.05) is 56.4 Å². The van der Waals surface area contributed by atoms with Crippen LogP contribution in [-0.4, -0.2) is 58.2 Å². The van der Waals surface area contributed by atoms with Crippen molar-refractivity contribution in [3.63, 3.8) is 0 Å². The summed E-state index contributed by atoms with van der Waals surface area (Å²) in [6.07, 6.45) is 2.42. The predicted molar refractivity (Wildman–Crippen MR) is 148 cm³/mol. The Morgan fingerprint density at radius 3 is 2.36 bits per heavy atom. The van der Waals surface area contributed by atoms with Crippen LogP contribution in [0.4, 0.5) is 0 Å². The zero-order chi connectivity index (χ0) is 27.6. The average molecular weight is 533 g/mol. The highest BCUT2D eigenvalue weighted by Gasteiger charge is 2.21. The van der Waals surface area contributed by atoms with Crippen molar-refractivity contribution in [1.82, 2.24) is 19.7 Å². The Bertz CT molecular complexity index is 1340. The van der Waals surface area contributed by atoms with Crippen molar-refractivity contribution in [2.24, 2.45) is 7.05 Å². The number of aromatic nitrogens is 4. The Morgan fingerprint density at radius 2 is 1.67 bits per heavy atom. The fraction of sp³-hybridized carbons (Fsp3) is 0.400.